The summed E-state index contributed by atoms with van der Waals surface area (Å²) in [5.41, 5.74) is 4.81. The van der Waals surface area contributed by atoms with Crippen LogP contribution in [0.2, 0.25) is 0 Å². The maximum Gasteiger partial charge on any atom is 0.167 e. The largest absolute Gasteiger partial charge is 0.391 e. The van der Waals surface area contributed by atoms with Crippen LogP contribution in [-0.4, -0.2) is 21.3 Å². The molecule has 102 valence electrons. The highest BCUT2D eigenvalue weighted by Gasteiger charge is 2.12. The fourth-order valence-electron chi connectivity index (χ4n) is 1.82. The third kappa shape index (κ3) is 2.43. The highest BCUT2D eigenvalue weighted by atomic mass is 32.1. The van der Waals surface area contributed by atoms with E-state index in [1.165, 1.54) is 17.7 Å². The van der Waals surface area contributed by atoms with Gasteiger partial charge in [0, 0.05) is 9.75 Å². The number of hydrogen-bond acceptors (Lipinski definition) is 7. The summed E-state index contributed by atoms with van der Waals surface area (Å²) in [6.07, 6.45) is 3.26. The van der Waals surface area contributed by atoms with Crippen LogP contribution in [0.5, 0.6) is 0 Å². The Kier molecular flexibility index (Phi) is 3.72. The molecule has 20 heavy (non-hydrogen) atoms. The number of aryl methyl sites for hydroxylation is 1. The van der Waals surface area contributed by atoms with Crippen molar-refractivity contribution < 1.29 is 5.11 Å². The van der Waals surface area contributed by atoms with Gasteiger partial charge in [-0.25, -0.2) is 9.97 Å². The quantitative estimate of drug-likeness (QED) is 0.574. The standard InChI is InChI=1S/C13H12N4OS2/c1-8-10(6-18)20-12-11(8)14-7-15-13(12)17-16-5-9-3-2-4-19-9/h2-5,7,18H,6H2,1H3,(H,14,15,17). The lowest BCUT2D eigenvalue weighted by Gasteiger charge is -1.99. The zero-order valence-electron chi connectivity index (χ0n) is 10.7. The van der Waals surface area contributed by atoms with E-state index in [1.807, 2.05) is 24.4 Å². The van der Waals surface area contributed by atoms with Crippen molar-refractivity contribution in [1.82, 2.24) is 9.97 Å². The predicted octanol–water partition coefficient (Wildman–Crippen LogP) is 3.00. The highest BCUT2D eigenvalue weighted by molar-refractivity contribution is 7.19. The summed E-state index contributed by atoms with van der Waals surface area (Å²) >= 11 is 3.11. The molecule has 0 saturated heterocycles. The monoisotopic (exact) mass is 304 g/mol. The van der Waals surface area contributed by atoms with Crippen molar-refractivity contribution in [3.05, 3.63) is 39.2 Å². The number of fused-ring (bicyclic) bond motifs is 1. The number of anilines is 1. The zero-order valence-corrected chi connectivity index (χ0v) is 12.3. The van der Waals surface area contributed by atoms with Crippen molar-refractivity contribution >= 4 is 44.9 Å². The first-order chi connectivity index (χ1) is 9.79. The molecule has 0 aromatic carbocycles. The summed E-state index contributed by atoms with van der Waals surface area (Å²) < 4.78 is 0.914. The second-order valence-electron chi connectivity index (χ2n) is 4.09. The number of nitrogens with zero attached hydrogens (tertiary/aromatic N) is 3. The van der Waals surface area contributed by atoms with Crippen molar-refractivity contribution in [3.8, 4) is 0 Å². The van der Waals surface area contributed by atoms with E-state index in [0.717, 1.165) is 25.5 Å². The van der Waals surface area contributed by atoms with Crippen molar-refractivity contribution in [2.24, 2.45) is 5.10 Å². The molecule has 2 N–H and O–H groups in total. The van der Waals surface area contributed by atoms with E-state index < -0.39 is 0 Å². The van der Waals surface area contributed by atoms with E-state index >= 15 is 0 Å². The predicted molar refractivity (Wildman–Crippen MR) is 83.6 cm³/mol. The van der Waals surface area contributed by atoms with Gasteiger partial charge in [-0.2, -0.15) is 5.10 Å². The first-order valence-electron chi connectivity index (χ1n) is 5.96. The Hall–Kier alpha value is -1.83. The van der Waals surface area contributed by atoms with E-state index in [1.54, 1.807) is 17.6 Å². The molecule has 0 aliphatic heterocycles. The molecule has 3 aromatic heterocycles. The number of aliphatic hydroxyl groups is 1. The van der Waals surface area contributed by atoms with Gasteiger partial charge in [0.1, 0.15) is 6.33 Å². The van der Waals surface area contributed by atoms with Gasteiger partial charge in [0.15, 0.2) is 5.82 Å². The fraction of sp³-hybridized carbons (Fsp3) is 0.154. The van der Waals surface area contributed by atoms with Crippen LogP contribution in [0.3, 0.4) is 0 Å². The molecule has 0 saturated carbocycles. The minimum Gasteiger partial charge on any atom is -0.391 e. The minimum absolute atomic E-state index is 0.0186. The van der Waals surface area contributed by atoms with E-state index in [-0.39, 0.29) is 6.61 Å². The number of aliphatic hydroxyl groups excluding tert-OH is 1. The molecular formula is C13H12N4OS2. The molecule has 3 aromatic rings. The van der Waals surface area contributed by atoms with Gasteiger partial charge in [0.05, 0.1) is 23.0 Å². The summed E-state index contributed by atoms with van der Waals surface area (Å²) in [4.78, 5) is 10.5. The van der Waals surface area contributed by atoms with Crippen LogP contribution in [-0.2, 0) is 6.61 Å². The lowest BCUT2D eigenvalue weighted by Crippen LogP contribution is -1.94. The zero-order chi connectivity index (χ0) is 13.9. The molecule has 7 heteroatoms. The molecule has 0 atom stereocenters. The Balaban J connectivity index is 1.91. The normalized spacial score (nSPS) is 11.5. The number of thiophene rings is 2. The van der Waals surface area contributed by atoms with Crippen LogP contribution in [0.25, 0.3) is 10.2 Å². The molecule has 0 fully saturated rings. The highest BCUT2D eigenvalue weighted by Crippen LogP contribution is 2.33. The summed E-state index contributed by atoms with van der Waals surface area (Å²) in [7, 11) is 0. The molecule has 0 radical (unpaired) electrons. The first kappa shape index (κ1) is 13.2. The Bertz CT molecular complexity index is 749. The number of rotatable bonds is 4. The number of hydrogen-bond donors (Lipinski definition) is 2. The molecule has 3 heterocycles. The molecule has 0 amide bonds. The fourth-order valence-corrected chi connectivity index (χ4v) is 3.46. The van der Waals surface area contributed by atoms with Crippen molar-refractivity contribution in [2.45, 2.75) is 13.5 Å². The lowest BCUT2D eigenvalue weighted by molar-refractivity contribution is 0.285. The Labute approximate surface area is 123 Å². The van der Waals surface area contributed by atoms with Gasteiger partial charge in [0.2, 0.25) is 0 Å². The van der Waals surface area contributed by atoms with Gasteiger partial charge >= 0.3 is 0 Å². The van der Waals surface area contributed by atoms with Gasteiger partial charge in [-0.15, -0.1) is 22.7 Å². The third-order valence-electron chi connectivity index (χ3n) is 2.85. The molecule has 0 aliphatic carbocycles. The average Bonchev–Trinajstić information content (AvgIpc) is 3.08. The number of nitrogens with one attached hydrogen (secondary N) is 1. The topological polar surface area (TPSA) is 70.4 Å². The molecule has 3 rings (SSSR count). The molecule has 0 spiro atoms. The van der Waals surface area contributed by atoms with Crippen LogP contribution in [0.4, 0.5) is 5.82 Å². The van der Waals surface area contributed by atoms with E-state index in [0.29, 0.717) is 5.82 Å². The summed E-state index contributed by atoms with van der Waals surface area (Å²) in [5, 5.41) is 15.5. The average molecular weight is 304 g/mol. The van der Waals surface area contributed by atoms with Gasteiger partial charge in [-0.3, -0.25) is 5.43 Å². The summed E-state index contributed by atoms with van der Waals surface area (Å²) in [6, 6.07) is 3.97. The van der Waals surface area contributed by atoms with Crippen LogP contribution in [0.15, 0.2) is 28.9 Å². The first-order valence-corrected chi connectivity index (χ1v) is 7.65. The molecular weight excluding hydrogens is 292 g/mol. The second kappa shape index (κ2) is 5.66. The smallest absolute Gasteiger partial charge is 0.167 e. The minimum atomic E-state index is 0.0186. The van der Waals surface area contributed by atoms with Crippen LogP contribution in [0.1, 0.15) is 15.3 Å². The van der Waals surface area contributed by atoms with Crippen molar-refractivity contribution in [2.75, 3.05) is 5.43 Å². The van der Waals surface area contributed by atoms with Crippen LogP contribution in [0, 0.1) is 6.92 Å². The molecule has 0 unspecified atom stereocenters. The second-order valence-corrected chi connectivity index (χ2v) is 6.18. The Morgan fingerprint density at radius 1 is 1.45 bits per heavy atom. The van der Waals surface area contributed by atoms with Crippen molar-refractivity contribution in [1.29, 1.82) is 0 Å². The molecule has 5 nitrogen and oxygen atoms in total. The van der Waals surface area contributed by atoms with Gasteiger partial charge in [0.25, 0.3) is 0 Å². The Morgan fingerprint density at radius 3 is 3.10 bits per heavy atom. The Morgan fingerprint density at radius 2 is 2.35 bits per heavy atom. The lowest BCUT2D eigenvalue weighted by atomic mass is 10.2. The number of aromatic nitrogens is 2. The van der Waals surface area contributed by atoms with E-state index in [9.17, 15) is 5.11 Å². The summed E-state index contributed by atoms with van der Waals surface area (Å²) in [5.74, 6) is 0.663. The van der Waals surface area contributed by atoms with Gasteiger partial charge in [-0.1, -0.05) is 6.07 Å². The van der Waals surface area contributed by atoms with Crippen molar-refractivity contribution in [3.63, 3.8) is 0 Å². The molecule has 0 bridgehead atoms. The molecule has 0 aliphatic rings. The van der Waals surface area contributed by atoms with Crippen LogP contribution < -0.4 is 5.43 Å². The van der Waals surface area contributed by atoms with Crippen LogP contribution >= 0.6 is 22.7 Å². The summed E-state index contributed by atoms with van der Waals surface area (Å²) in [6.45, 7) is 1.97. The van der Waals surface area contributed by atoms with Gasteiger partial charge < -0.3 is 5.11 Å². The van der Waals surface area contributed by atoms with E-state index in [2.05, 4.69) is 20.5 Å². The maximum atomic E-state index is 9.33. The number of hydrazone groups is 1. The van der Waals surface area contributed by atoms with E-state index in [4.69, 9.17) is 0 Å². The SMILES string of the molecule is Cc1c(CO)sc2c(NN=Cc3cccs3)ncnc12. The maximum absolute atomic E-state index is 9.33. The van der Waals surface area contributed by atoms with Gasteiger partial charge in [-0.05, 0) is 23.9 Å². The third-order valence-corrected chi connectivity index (χ3v) is 4.93.